The topological polar surface area (TPSA) is 37.0 Å². The van der Waals surface area contributed by atoms with E-state index in [9.17, 15) is 0 Å². The summed E-state index contributed by atoms with van der Waals surface area (Å²) >= 11 is 6.44. The molecule has 0 aliphatic carbocycles. The molecule has 0 saturated carbocycles. The van der Waals surface area contributed by atoms with E-state index in [1.807, 2.05) is 12.1 Å². The summed E-state index contributed by atoms with van der Waals surface area (Å²) in [5.74, 6) is 0.794. The summed E-state index contributed by atoms with van der Waals surface area (Å²) < 4.78 is 5.24. The predicted octanol–water partition coefficient (Wildman–Crippen LogP) is 4.57. The zero-order valence-electron chi connectivity index (χ0n) is 13.9. The fraction of sp³-hybridized carbons (Fsp3) is 0.300. The van der Waals surface area contributed by atoms with E-state index in [0.717, 1.165) is 35.7 Å². The lowest BCUT2D eigenvalue weighted by atomic mass is 9.94. The molecular formula is C20H21ClN2O. The number of aryl methyl sites for hydroxylation is 1. The maximum atomic E-state index is 6.44. The van der Waals surface area contributed by atoms with Crippen molar-refractivity contribution in [2.75, 3.05) is 13.7 Å². The Balaban J connectivity index is 1.70. The van der Waals surface area contributed by atoms with E-state index >= 15 is 0 Å². The van der Waals surface area contributed by atoms with Crippen LogP contribution in [-0.2, 0) is 12.8 Å². The van der Waals surface area contributed by atoms with Gasteiger partial charge >= 0.3 is 0 Å². The molecule has 0 amide bonds. The predicted molar refractivity (Wildman–Crippen MR) is 99.2 cm³/mol. The maximum Gasteiger partial charge on any atom is 0.120 e. The van der Waals surface area contributed by atoms with Crippen molar-refractivity contribution in [1.82, 2.24) is 10.3 Å². The Bertz CT molecular complexity index is 900. The molecule has 0 bridgehead atoms. The number of H-pyrrole nitrogens is 1. The van der Waals surface area contributed by atoms with Crippen LogP contribution in [0.3, 0.4) is 0 Å². The molecule has 124 valence electrons. The summed E-state index contributed by atoms with van der Waals surface area (Å²) in [7, 11) is 1.66. The summed E-state index contributed by atoms with van der Waals surface area (Å²) in [6.45, 7) is 3.14. The molecule has 1 aliphatic heterocycles. The quantitative estimate of drug-likeness (QED) is 0.733. The zero-order valence-corrected chi connectivity index (χ0v) is 14.7. The summed E-state index contributed by atoms with van der Waals surface area (Å²) in [5.41, 5.74) is 6.41. The number of halogens is 1. The molecule has 1 atom stereocenters. The molecule has 3 nitrogen and oxygen atoms in total. The minimum Gasteiger partial charge on any atom is -0.497 e. The van der Waals surface area contributed by atoms with Crippen LogP contribution >= 0.6 is 11.6 Å². The maximum absolute atomic E-state index is 6.44. The highest BCUT2D eigenvalue weighted by Gasteiger charge is 2.24. The van der Waals surface area contributed by atoms with Gasteiger partial charge in [-0.2, -0.15) is 0 Å². The highest BCUT2D eigenvalue weighted by atomic mass is 35.5. The van der Waals surface area contributed by atoms with Crippen molar-refractivity contribution in [1.29, 1.82) is 0 Å². The molecule has 2 heterocycles. The number of rotatable bonds is 3. The number of benzene rings is 2. The van der Waals surface area contributed by atoms with E-state index in [4.69, 9.17) is 16.3 Å². The van der Waals surface area contributed by atoms with E-state index < -0.39 is 0 Å². The van der Waals surface area contributed by atoms with Gasteiger partial charge < -0.3 is 15.0 Å². The molecule has 1 unspecified atom stereocenters. The lowest BCUT2D eigenvalue weighted by molar-refractivity contribution is 0.414. The van der Waals surface area contributed by atoms with Crippen molar-refractivity contribution in [3.05, 3.63) is 63.8 Å². The fourth-order valence-electron chi connectivity index (χ4n) is 3.64. The third kappa shape index (κ3) is 2.68. The molecule has 2 aromatic carbocycles. The molecule has 3 aromatic rings. The van der Waals surface area contributed by atoms with Gasteiger partial charge in [0.15, 0.2) is 0 Å². The van der Waals surface area contributed by atoms with Crippen molar-refractivity contribution in [3.8, 4) is 5.75 Å². The number of hydrogen-bond donors (Lipinski definition) is 2. The number of methoxy groups -OCH3 is 1. The van der Waals surface area contributed by atoms with Gasteiger partial charge in [-0.1, -0.05) is 29.3 Å². The first kappa shape index (κ1) is 15.6. The first-order valence-electron chi connectivity index (χ1n) is 8.32. The van der Waals surface area contributed by atoms with Gasteiger partial charge in [0.05, 0.1) is 13.2 Å². The SMILES string of the molecule is COc1ccc(CC2NCCc3c2[nH]c2ccc(C)cc32)c(Cl)c1. The second kappa shape index (κ2) is 6.15. The van der Waals surface area contributed by atoms with Crippen LogP contribution in [0.4, 0.5) is 0 Å². The Kier molecular flexibility index (Phi) is 3.99. The molecule has 24 heavy (non-hydrogen) atoms. The highest BCUT2D eigenvalue weighted by molar-refractivity contribution is 6.31. The van der Waals surface area contributed by atoms with E-state index in [1.54, 1.807) is 7.11 Å². The second-order valence-electron chi connectivity index (χ2n) is 6.48. The van der Waals surface area contributed by atoms with E-state index in [1.165, 1.54) is 27.7 Å². The van der Waals surface area contributed by atoms with Gasteiger partial charge in [-0.05, 0) is 61.7 Å². The molecule has 0 saturated heterocycles. The van der Waals surface area contributed by atoms with Gasteiger partial charge in [-0.15, -0.1) is 0 Å². The third-order valence-electron chi connectivity index (χ3n) is 4.89. The molecule has 2 N–H and O–H groups in total. The molecule has 4 heteroatoms. The van der Waals surface area contributed by atoms with Gasteiger partial charge in [0.1, 0.15) is 5.75 Å². The summed E-state index contributed by atoms with van der Waals surface area (Å²) in [6.07, 6.45) is 1.92. The monoisotopic (exact) mass is 340 g/mol. The minimum atomic E-state index is 0.257. The second-order valence-corrected chi connectivity index (χ2v) is 6.89. The molecule has 4 rings (SSSR count). The van der Waals surface area contributed by atoms with Crippen LogP contribution in [0.1, 0.15) is 28.4 Å². The molecule has 0 radical (unpaired) electrons. The smallest absolute Gasteiger partial charge is 0.120 e. The molecule has 0 spiro atoms. The van der Waals surface area contributed by atoms with E-state index in [2.05, 4.69) is 41.5 Å². The standard InChI is InChI=1S/C20H21ClN2O/c1-12-3-6-18-16(9-12)15-7-8-22-19(20(15)23-18)10-13-4-5-14(24-2)11-17(13)21/h3-6,9,11,19,22-23H,7-8,10H2,1-2H3. The minimum absolute atomic E-state index is 0.257. The number of hydrogen-bond acceptors (Lipinski definition) is 2. The van der Waals surface area contributed by atoms with Gasteiger partial charge in [0.25, 0.3) is 0 Å². The Hall–Kier alpha value is -1.97. The summed E-state index contributed by atoms with van der Waals surface area (Å²) in [5, 5.41) is 5.75. The first-order chi connectivity index (χ1) is 11.7. The number of ether oxygens (including phenoxy) is 1. The van der Waals surface area contributed by atoms with Crippen LogP contribution in [0, 0.1) is 6.92 Å². The van der Waals surface area contributed by atoms with Crippen molar-refractivity contribution in [2.45, 2.75) is 25.8 Å². The zero-order chi connectivity index (χ0) is 16.7. The van der Waals surface area contributed by atoms with Crippen LogP contribution in [0.5, 0.6) is 5.75 Å². The Morgan fingerprint density at radius 2 is 2.08 bits per heavy atom. The third-order valence-corrected chi connectivity index (χ3v) is 5.24. The number of nitrogens with one attached hydrogen (secondary N) is 2. The van der Waals surface area contributed by atoms with Crippen LogP contribution in [0.2, 0.25) is 5.02 Å². The van der Waals surface area contributed by atoms with Crippen molar-refractivity contribution >= 4 is 22.5 Å². The average molecular weight is 341 g/mol. The lowest BCUT2D eigenvalue weighted by Gasteiger charge is -2.25. The number of aromatic amines is 1. The van der Waals surface area contributed by atoms with Gasteiger partial charge in [0.2, 0.25) is 0 Å². The van der Waals surface area contributed by atoms with Gasteiger partial charge in [-0.3, -0.25) is 0 Å². The highest BCUT2D eigenvalue weighted by Crippen LogP contribution is 2.34. The molecule has 1 aromatic heterocycles. The summed E-state index contributed by atoms with van der Waals surface area (Å²) in [4.78, 5) is 3.63. The fourth-order valence-corrected chi connectivity index (χ4v) is 3.88. The van der Waals surface area contributed by atoms with Crippen molar-refractivity contribution < 1.29 is 4.74 Å². The lowest BCUT2D eigenvalue weighted by Crippen LogP contribution is -2.31. The molecule has 1 aliphatic rings. The average Bonchev–Trinajstić information content (AvgIpc) is 2.95. The van der Waals surface area contributed by atoms with Crippen LogP contribution in [0.25, 0.3) is 10.9 Å². The number of fused-ring (bicyclic) bond motifs is 3. The Morgan fingerprint density at radius 1 is 1.21 bits per heavy atom. The van der Waals surface area contributed by atoms with Gasteiger partial charge in [-0.25, -0.2) is 0 Å². The van der Waals surface area contributed by atoms with E-state index in [0.29, 0.717) is 0 Å². The molecule has 0 fully saturated rings. The molecular weight excluding hydrogens is 320 g/mol. The Morgan fingerprint density at radius 3 is 2.88 bits per heavy atom. The van der Waals surface area contributed by atoms with Crippen LogP contribution in [0.15, 0.2) is 36.4 Å². The van der Waals surface area contributed by atoms with Gasteiger partial charge in [0, 0.05) is 21.6 Å². The van der Waals surface area contributed by atoms with E-state index in [-0.39, 0.29) is 6.04 Å². The van der Waals surface area contributed by atoms with Crippen molar-refractivity contribution in [2.24, 2.45) is 0 Å². The number of aromatic nitrogens is 1. The largest absolute Gasteiger partial charge is 0.497 e. The van der Waals surface area contributed by atoms with Crippen LogP contribution < -0.4 is 10.1 Å². The van der Waals surface area contributed by atoms with Crippen LogP contribution in [-0.4, -0.2) is 18.6 Å². The summed E-state index contributed by atoms with van der Waals surface area (Å²) in [6, 6.07) is 12.8. The van der Waals surface area contributed by atoms with Crippen molar-refractivity contribution in [3.63, 3.8) is 0 Å². The first-order valence-corrected chi connectivity index (χ1v) is 8.70. The normalized spacial score (nSPS) is 17.0. The Labute approximate surface area is 147 Å².